The maximum atomic E-state index is 11.9. The Kier molecular flexibility index (Phi) is 5.73. The predicted molar refractivity (Wildman–Crippen MR) is 105 cm³/mol. The van der Waals surface area contributed by atoms with Crippen molar-refractivity contribution in [2.75, 3.05) is 7.11 Å². The molecule has 7 heteroatoms. The highest BCUT2D eigenvalue weighted by Gasteiger charge is 2.23. The molecule has 3 rings (SSSR count). The molecule has 1 aromatic heterocycles. The maximum absolute atomic E-state index is 11.9. The summed E-state index contributed by atoms with van der Waals surface area (Å²) < 4.78 is 10.5. The normalized spacial score (nSPS) is 11.3. The predicted octanol–water partition coefficient (Wildman–Crippen LogP) is 3.54. The number of benzene rings is 2. The lowest BCUT2D eigenvalue weighted by Crippen LogP contribution is -2.25. The number of hydrogen-bond acceptors (Lipinski definition) is 6. The summed E-state index contributed by atoms with van der Waals surface area (Å²) in [5.74, 6) is 1.59. The topological polar surface area (TPSA) is 79.1 Å². The summed E-state index contributed by atoms with van der Waals surface area (Å²) in [4.78, 5) is 13.5. The van der Waals surface area contributed by atoms with Gasteiger partial charge in [-0.2, -0.15) is 4.80 Å². The number of tetrazole rings is 1. The van der Waals surface area contributed by atoms with Crippen molar-refractivity contribution in [2.45, 2.75) is 33.7 Å². The van der Waals surface area contributed by atoms with E-state index in [-0.39, 0.29) is 5.97 Å². The first-order chi connectivity index (χ1) is 13.3. The van der Waals surface area contributed by atoms with Gasteiger partial charge in [0.2, 0.25) is 5.82 Å². The van der Waals surface area contributed by atoms with Crippen LogP contribution in [0.3, 0.4) is 0 Å². The smallest absolute Gasteiger partial charge is 0.316 e. The van der Waals surface area contributed by atoms with Gasteiger partial charge in [0.25, 0.3) is 0 Å². The Morgan fingerprint density at radius 2 is 1.64 bits per heavy atom. The number of rotatable bonds is 6. The zero-order valence-corrected chi connectivity index (χ0v) is 16.5. The minimum Gasteiger partial charge on any atom is -0.497 e. The molecule has 0 aliphatic carbocycles. The van der Waals surface area contributed by atoms with Crippen LogP contribution in [0.5, 0.6) is 11.5 Å². The van der Waals surface area contributed by atoms with Crippen LogP contribution < -0.4 is 9.47 Å². The molecule has 0 fully saturated rings. The summed E-state index contributed by atoms with van der Waals surface area (Å²) in [5, 5.41) is 12.6. The van der Waals surface area contributed by atoms with Crippen LogP contribution >= 0.6 is 0 Å². The Bertz CT molecular complexity index is 926. The van der Waals surface area contributed by atoms with Crippen molar-refractivity contribution in [3.63, 3.8) is 0 Å². The van der Waals surface area contributed by atoms with Gasteiger partial charge in [0.1, 0.15) is 11.5 Å². The molecule has 2 aromatic carbocycles. The lowest BCUT2D eigenvalue weighted by atomic mass is 9.97. The van der Waals surface area contributed by atoms with E-state index in [4.69, 9.17) is 9.47 Å². The molecule has 0 N–H and O–H groups in total. The van der Waals surface area contributed by atoms with Gasteiger partial charge in [0.05, 0.1) is 19.1 Å². The SMILES string of the molecule is COc1ccc(CCn2nnc(-c3ccc(OC(=O)C(C)(C)C)cc3)n2)cc1. The second-order valence-electron chi connectivity index (χ2n) is 7.47. The second kappa shape index (κ2) is 8.21. The Morgan fingerprint density at radius 3 is 2.25 bits per heavy atom. The van der Waals surface area contributed by atoms with E-state index in [0.717, 1.165) is 17.7 Å². The monoisotopic (exact) mass is 380 g/mol. The van der Waals surface area contributed by atoms with Crippen molar-refractivity contribution in [3.05, 3.63) is 54.1 Å². The highest BCUT2D eigenvalue weighted by atomic mass is 16.5. The third-order valence-electron chi connectivity index (χ3n) is 4.15. The largest absolute Gasteiger partial charge is 0.497 e. The molecule has 7 nitrogen and oxygen atoms in total. The van der Waals surface area contributed by atoms with E-state index in [1.54, 1.807) is 24.0 Å². The minimum atomic E-state index is -0.549. The van der Waals surface area contributed by atoms with E-state index in [2.05, 4.69) is 15.4 Å². The Morgan fingerprint density at radius 1 is 1.00 bits per heavy atom. The maximum Gasteiger partial charge on any atom is 0.316 e. The summed E-state index contributed by atoms with van der Waals surface area (Å²) in [6, 6.07) is 15.0. The molecule has 0 radical (unpaired) electrons. The van der Waals surface area contributed by atoms with Gasteiger partial charge in [-0.25, -0.2) is 0 Å². The van der Waals surface area contributed by atoms with E-state index >= 15 is 0 Å². The van der Waals surface area contributed by atoms with Crippen molar-refractivity contribution >= 4 is 5.97 Å². The first kappa shape index (κ1) is 19.5. The molecule has 0 saturated heterocycles. The van der Waals surface area contributed by atoms with Gasteiger partial charge in [0, 0.05) is 5.56 Å². The average molecular weight is 380 g/mol. The van der Waals surface area contributed by atoms with Gasteiger partial charge in [-0.15, -0.1) is 10.2 Å². The van der Waals surface area contributed by atoms with Crippen LogP contribution in [-0.4, -0.2) is 33.3 Å². The molecule has 28 heavy (non-hydrogen) atoms. The molecule has 3 aromatic rings. The van der Waals surface area contributed by atoms with E-state index in [1.807, 2.05) is 57.2 Å². The van der Waals surface area contributed by atoms with Gasteiger partial charge in [-0.1, -0.05) is 12.1 Å². The zero-order chi connectivity index (χ0) is 20.1. The summed E-state index contributed by atoms with van der Waals surface area (Å²) in [6.45, 7) is 6.08. The van der Waals surface area contributed by atoms with Crippen LogP contribution in [0.15, 0.2) is 48.5 Å². The van der Waals surface area contributed by atoms with Crippen LogP contribution in [0.2, 0.25) is 0 Å². The van der Waals surface area contributed by atoms with E-state index < -0.39 is 5.41 Å². The standard InChI is InChI=1S/C21H24N4O3/c1-21(2,3)20(26)28-18-11-7-16(8-12-18)19-22-24-25(23-19)14-13-15-5-9-17(27-4)10-6-15/h5-12H,13-14H2,1-4H3. The molecule has 0 unspecified atom stereocenters. The van der Waals surface area contributed by atoms with Crippen molar-refractivity contribution in [1.29, 1.82) is 0 Å². The quantitative estimate of drug-likeness (QED) is 0.481. The molecule has 0 atom stereocenters. The first-order valence-corrected chi connectivity index (χ1v) is 9.08. The lowest BCUT2D eigenvalue weighted by molar-refractivity contribution is -0.142. The highest BCUT2D eigenvalue weighted by Crippen LogP contribution is 2.22. The summed E-state index contributed by atoms with van der Waals surface area (Å²) in [6.07, 6.45) is 0.793. The molecule has 0 aliphatic heterocycles. The Labute approximate surface area is 164 Å². The van der Waals surface area contributed by atoms with E-state index in [0.29, 0.717) is 18.1 Å². The van der Waals surface area contributed by atoms with E-state index in [1.165, 1.54) is 5.56 Å². The first-order valence-electron chi connectivity index (χ1n) is 9.08. The van der Waals surface area contributed by atoms with Crippen LogP contribution in [0.1, 0.15) is 26.3 Å². The lowest BCUT2D eigenvalue weighted by Gasteiger charge is -2.16. The number of aromatic nitrogens is 4. The van der Waals surface area contributed by atoms with Gasteiger partial charge < -0.3 is 9.47 Å². The number of esters is 1. The third-order valence-corrected chi connectivity index (χ3v) is 4.15. The van der Waals surface area contributed by atoms with Crippen molar-refractivity contribution in [3.8, 4) is 22.9 Å². The summed E-state index contributed by atoms with van der Waals surface area (Å²) >= 11 is 0. The molecule has 0 spiro atoms. The molecular weight excluding hydrogens is 356 g/mol. The molecule has 0 bridgehead atoms. The summed E-state index contributed by atoms with van der Waals surface area (Å²) in [5.41, 5.74) is 1.43. The number of hydrogen-bond donors (Lipinski definition) is 0. The van der Waals surface area contributed by atoms with Crippen LogP contribution in [0, 0.1) is 5.41 Å². The number of methoxy groups -OCH3 is 1. The van der Waals surface area contributed by atoms with Gasteiger partial charge >= 0.3 is 5.97 Å². The van der Waals surface area contributed by atoms with Crippen molar-refractivity contribution in [2.24, 2.45) is 5.41 Å². The highest BCUT2D eigenvalue weighted by molar-refractivity contribution is 5.78. The fourth-order valence-electron chi connectivity index (χ4n) is 2.41. The van der Waals surface area contributed by atoms with Gasteiger partial charge in [0.15, 0.2) is 0 Å². The fraction of sp³-hybridized carbons (Fsp3) is 0.333. The second-order valence-corrected chi connectivity index (χ2v) is 7.47. The molecule has 146 valence electrons. The van der Waals surface area contributed by atoms with Crippen molar-refractivity contribution in [1.82, 2.24) is 20.2 Å². The van der Waals surface area contributed by atoms with E-state index in [9.17, 15) is 4.79 Å². The number of carbonyl (C=O) groups excluding carboxylic acids is 1. The van der Waals surface area contributed by atoms with Crippen LogP contribution in [0.4, 0.5) is 0 Å². The van der Waals surface area contributed by atoms with Gasteiger partial charge in [-0.05, 0) is 74.4 Å². The number of ether oxygens (including phenoxy) is 2. The molecule has 0 amide bonds. The number of aryl methyl sites for hydroxylation is 2. The fourth-order valence-corrected chi connectivity index (χ4v) is 2.41. The molecular formula is C21H24N4O3. The molecule has 0 aliphatic rings. The Hall–Kier alpha value is -3.22. The average Bonchev–Trinajstić information content (AvgIpc) is 3.15. The number of carbonyl (C=O) groups is 1. The molecule has 0 saturated carbocycles. The Balaban J connectivity index is 1.60. The zero-order valence-electron chi connectivity index (χ0n) is 16.5. The van der Waals surface area contributed by atoms with Crippen molar-refractivity contribution < 1.29 is 14.3 Å². The van der Waals surface area contributed by atoms with Gasteiger partial charge in [-0.3, -0.25) is 4.79 Å². The summed E-state index contributed by atoms with van der Waals surface area (Å²) in [7, 11) is 1.65. The number of nitrogens with zero attached hydrogens (tertiary/aromatic N) is 4. The van der Waals surface area contributed by atoms with Crippen LogP contribution in [-0.2, 0) is 17.8 Å². The molecule has 1 heterocycles. The van der Waals surface area contributed by atoms with Crippen LogP contribution in [0.25, 0.3) is 11.4 Å². The third kappa shape index (κ3) is 4.94. The minimum absolute atomic E-state index is 0.275.